The topological polar surface area (TPSA) is 79.8 Å². The summed E-state index contributed by atoms with van der Waals surface area (Å²) >= 11 is 1.12. The largest absolute Gasteiger partial charge is 0.493 e. The number of thiazole rings is 1. The molecule has 6 nitrogen and oxygen atoms in total. The second-order valence-electron chi connectivity index (χ2n) is 5.71. The summed E-state index contributed by atoms with van der Waals surface area (Å²) in [7, 11) is 0. The first-order chi connectivity index (χ1) is 13.1. The van der Waals surface area contributed by atoms with E-state index in [0.29, 0.717) is 21.1 Å². The number of amides is 1. The molecule has 0 aliphatic carbocycles. The first-order valence-corrected chi connectivity index (χ1v) is 8.81. The summed E-state index contributed by atoms with van der Waals surface area (Å²) in [5.74, 6) is -1.14. The number of rotatable bonds is 4. The number of halogens is 1. The molecule has 0 unspecified atom stereocenters. The molecule has 2 aromatic heterocycles. The molecule has 1 aromatic carbocycles. The summed E-state index contributed by atoms with van der Waals surface area (Å²) in [5.41, 5.74) is 0.763. The van der Waals surface area contributed by atoms with Crippen LogP contribution in [0, 0.1) is 5.82 Å². The fraction of sp³-hybridized carbons (Fsp3) is 0.0526. The maximum Gasteiger partial charge on any atom is 0.279 e. The van der Waals surface area contributed by atoms with E-state index in [0.717, 1.165) is 11.3 Å². The Labute approximate surface area is 156 Å². The van der Waals surface area contributed by atoms with E-state index in [2.05, 4.69) is 21.5 Å². The lowest BCUT2D eigenvalue weighted by Crippen LogP contribution is -2.23. The van der Waals surface area contributed by atoms with Crippen LogP contribution in [0.5, 0.6) is 5.88 Å². The fourth-order valence-electron chi connectivity index (χ4n) is 2.78. The van der Waals surface area contributed by atoms with Crippen LogP contribution in [0.3, 0.4) is 0 Å². The molecule has 134 valence electrons. The molecule has 1 N–H and O–H groups in total. The molecule has 8 heteroatoms. The van der Waals surface area contributed by atoms with Crippen molar-refractivity contribution in [2.24, 2.45) is 9.98 Å². The Balaban J connectivity index is 2.01. The minimum Gasteiger partial charge on any atom is -0.493 e. The number of aromatic nitrogens is 2. The maximum absolute atomic E-state index is 13.7. The van der Waals surface area contributed by atoms with E-state index in [1.165, 1.54) is 22.8 Å². The minimum atomic E-state index is -0.522. The molecule has 4 rings (SSSR count). The van der Waals surface area contributed by atoms with Gasteiger partial charge in [0.15, 0.2) is 4.80 Å². The molecule has 0 saturated carbocycles. The van der Waals surface area contributed by atoms with Gasteiger partial charge in [0.1, 0.15) is 10.7 Å². The molecule has 0 bridgehead atoms. The average Bonchev–Trinajstić information content (AvgIpc) is 3.13. The van der Waals surface area contributed by atoms with Crippen molar-refractivity contribution in [1.29, 1.82) is 0 Å². The van der Waals surface area contributed by atoms with Gasteiger partial charge < -0.3 is 5.11 Å². The van der Waals surface area contributed by atoms with E-state index in [-0.39, 0.29) is 22.9 Å². The molecule has 3 aromatic rings. The summed E-state index contributed by atoms with van der Waals surface area (Å²) in [4.78, 5) is 25.6. The Morgan fingerprint density at radius 1 is 1.37 bits per heavy atom. The zero-order chi connectivity index (χ0) is 19.0. The number of carbonyl (C=O) groups is 1. The van der Waals surface area contributed by atoms with Crippen molar-refractivity contribution in [3.8, 4) is 5.88 Å². The second kappa shape index (κ2) is 6.73. The number of allylic oxidation sites excluding steroid dienone is 1. The number of pyridine rings is 1. The van der Waals surface area contributed by atoms with E-state index in [9.17, 15) is 14.3 Å². The highest BCUT2D eigenvalue weighted by molar-refractivity contribution is 7.11. The van der Waals surface area contributed by atoms with Crippen LogP contribution in [0.4, 0.5) is 10.1 Å². The van der Waals surface area contributed by atoms with Crippen LogP contribution in [0.2, 0.25) is 0 Å². The van der Waals surface area contributed by atoms with Crippen molar-refractivity contribution < 1.29 is 14.3 Å². The van der Waals surface area contributed by atoms with Crippen LogP contribution in [-0.4, -0.2) is 20.6 Å². The van der Waals surface area contributed by atoms with Crippen LogP contribution in [0.25, 0.3) is 5.57 Å². The molecule has 1 aliphatic heterocycles. The Hall–Kier alpha value is -3.39. The quantitative estimate of drug-likeness (QED) is 0.698. The number of nitrogens with zero attached hydrogens (tertiary/aromatic N) is 4. The van der Waals surface area contributed by atoms with Crippen molar-refractivity contribution in [2.75, 3.05) is 0 Å². The minimum absolute atomic E-state index is 0.141. The van der Waals surface area contributed by atoms with Crippen LogP contribution < -0.4 is 15.4 Å². The van der Waals surface area contributed by atoms with Gasteiger partial charge in [-0.15, -0.1) is 6.58 Å². The molecule has 1 amide bonds. The van der Waals surface area contributed by atoms with Gasteiger partial charge in [-0.3, -0.25) is 14.3 Å². The van der Waals surface area contributed by atoms with Gasteiger partial charge in [0.25, 0.3) is 5.91 Å². The predicted molar refractivity (Wildman–Crippen MR) is 98.3 cm³/mol. The van der Waals surface area contributed by atoms with Crippen molar-refractivity contribution in [3.05, 3.63) is 81.5 Å². The molecule has 0 radical (unpaired) electrons. The van der Waals surface area contributed by atoms with Crippen molar-refractivity contribution in [1.82, 2.24) is 9.55 Å². The Bertz CT molecular complexity index is 1260. The normalized spacial score (nSPS) is 13.6. The van der Waals surface area contributed by atoms with Gasteiger partial charge in [-0.25, -0.2) is 14.4 Å². The lowest BCUT2D eigenvalue weighted by Gasteiger charge is -2.02. The van der Waals surface area contributed by atoms with Crippen LogP contribution in [0.15, 0.2) is 65.4 Å². The second-order valence-corrected chi connectivity index (χ2v) is 6.69. The van der Waals surface area contributed by atoms with E-state index in [4.69, 9.17) is 0 Å². The van der Waals surface area contributed by atoms with E-state index in [1.54, 1.807) is 30.6 Å². The van der Waals surface area contributed by atoms with Gasteiger partial charge >= 0.3 is 0 Å². The summed E-state index contributed by atoms with van der Waals surface area (Å²) in [6, 6.07) is 7.45. The summed E-state index contributed by atoms with van der Waals surface area (Å²) in [6.45, 7) is 3.98. The van der Waals surface area contributed by atoms with Crippen LogP contribution >= 0.6 is 11.3 Å². The summed E-state index contributed by atoms with van der Waals surface area (Å²) in [5, 5.41) is 11.5. The molecule has 0 fully saturated rings. The molecular formula is C19H13FN4O2S. The van der Waals surface area contributed by atoms with Gasteiger partial charge in [0.05, 0.1) is 22.8 Å². The Kier molecular flexibility index (Phi) is 4.25. The van der Waals surface area contributed by atoms with Gasteiger partial charge in [-0.05, 0) is 30.3 Å². The SMILES string of the molecule is C=CCn1c(O)c(C2=c3cc(F)ccc3=NC2=O)sc1=Nc1cccnc1. The number of benzene rings is 1. The van der Waals surface area contributed by atoms with Crippen LogP contribution in [-0.2, 0) is 11.3 Å². The average molecular weight is 380 g/mol. The lowest BCUT2D eigenvalue weighted by atomic mass is 10.1. The first kappa shape index (κ1) is 17.0. The Morgan fingerprint density at radius 3 is 2.96 bits per heavy atom. The standard InChI is InChI=1S/C19H13FN4O2S/c1-2-8-24-18(26)16(27-19(24)22-12-4-3-7-21-10-12)15-13-9-11(20)5-6-14(13)23-17(15)25/h2-7,9-10,26H,1,8H2. The molecule has 1 aliphatic rings. The summed E-state index contributed by atoms with van der Waals surface area (Å²) < 4.78 is 15.2. The Morgan fingerprint density at radius 2 is 2.22 bits per heavy atom. The van der Waals surface area contributed by atoms with Gasteiger partial charge in [0.2, 0.25) is 5.88 Å². The molecule has 27 heavy (non-hydrogen) atoms. The van der Waals surface area contributed by atoms with Crippen molar-refractivity contribution >= 4 is 28.5 Å². The maximum atomic E-state index is 13.7. The zero-order valence-electron chi connectivity index (χ0n) is 14.0. The number of hydrogen-bond acceptors (Lipinski definition) is 5. The monoisotopic (exact) mass is 380 g/mol. The molecule has 0 saturated heterocycles. The molecule has 3 heterocycles. The van der Waals surface area contributed by atoms with Gasteiger partial charge in [-0.2, -0.15) is 0 Å². The molecular weight excluding hydrogens is 367 g/mol. The fourth-order valence-corrected chi connectivity index (χ4v) is 3.89. The van der Waals surface area contributed by atoms with E-state index < -0.39 is 11.7 Å². The predicted octanol–water partition coefficient (Wildman–Crippen LogP) is 1.57. The van der Waals surface area contributed by atoms with Gasteiger partial charge in [0, 0.05) is 18.0 Å². The van der Waals surface area contributed by atoms with Crippen LogP contribution in [0.1, 0.15) is 4.88 Å². The highest BCUT2D eigenvalue weighted by Gasteiger charge is 2.25. The molecule has 0 spiro atoms. The first-order valence-electron chi connectivity index (χ1n) is 8.00. The summed E-state index contributed by atoms with van der Waals surface area (Å²) in [6.07, 6.45) is 4.83. The van der Waals surface area contributed by atoms with Gasteiger partial charge in [-0.1, -0.05) is 17.4 Å². The molecule has 0 atom stereocenters. The third kappa shape index (κ3) is 3.00. The number of fused-ring (bicyclic) bond motifs is 1. The van der Waals surface area contributed by atoms with E-state index in [1.807, 2.05) is 0 Å². The third-order valence-electron chi connectivity index (χ3n) is 3.96. The number of carbonyl (C=O) groups excluding carboxylic acids is 1. The smallest absolute Gasteiger partial charge is 0.279 e. The van der Waals surface area contributed by atoms with Crippen molar-refractivity contribution in [3.63, 3.8) is 0 Å². The third-order valence-corrected chi connectivity index (χ3v) is 5.04. The highest BCUT2D eigenvalue weighted by Crippen LogP contribution is 2.28. The zero-order valence-corrected chi connectivity index (χ0v) is 14.8. The highest BCUT2D eigenvalue weighted by atomic mass is 32.1. The number of hydrogen-bond donors (Lipinski definition) is 1. The van der Waals surface area contributed by atoms with E-state index >= 15 is 0 Å². The number of aromatic hydroxyl groups is 1. The van der Waals surface area contributed by atoms with Crippen molar-refractivity contribution in [2.45, 2.75) is 6.54 Å². The lowest BCUT2D eigenvalue weighted by molar-refractivity contribution is -0.112.